The number of rotatable bonds is 1. The largest absolute Gasteiger partial charge is 0.303 e. The number of hydrogen-bond acceptors (Lipinski definition) is 1. The van der Waals surface area contributed by atoms with Gasteiger partial charge in [0, 0.05) is 13.1 Å². The predicted molar refractivity (Wildman–Crippen MR) is 42.9 cm³/mol. The minimum atomic E-state index is 0.703. The molecule has 3 aliphatic heterocycles. The molecule has 0 amide bonds. The normalized spacial score (nSPS) is 52.2. The molecule has 1 heteroatoms. The maximum Gasteiger partial charge on any atom is 0.00273 e. The van der Waals surface area contributed by atoms with Gasteiger partial charge in [-0.15, -0.1) is 0 Å². The van der Waals surface area contributed by atoms with Crippen molar-refractivity contribution in [2.24, 2.45) is 11.3 Å². The summed E-state index contributed by atoms with van der Waals surface area (Å²) in [6, 6.07) is 0. The van der Waals surface area contributed by atoms with E-state index in [4.69, 9.17) is 0 Å². The number of nitrogens with zero attached hydrogens (tertiary/aromatic N) is 1. The van der Waals surface area contributed by atoms with Gasteiger partial charge in [-0.25, -0.2) is 0 Å². The average molecular weight is 139 g/mol. The third kappa shape index (κ3) is 0.731. The zero-order valence-corrected chi connectivity index (χ0v) is 7.06. The van der Waals surface area contributed by atoms with Gasteiger partial charge in [-0.3, -0.25) is 0 Å². The van der Waals surface area contributed by atoms with Gasteiger partial charge in [0.15, 0.2) is 0 Å². The first-order valence-corrected chi connectivity index (χ1v) is 4.47. The Labute approximate surface area is 63.4 Å². The van der Waals surface area contributed by atoms with Crippen LogP contribution in [0, 0.1) is 11.3 Å². The molecule has 1 atom stereocenters. The highest BCUT2D eigenvalue weighted by molar-refractivity contribution is 4.97. The van der Waals surface area contributed by atoms with Crippen molar-refractivity contribution in [3.8, 4) is 0 Å². The van der Waals surface area contributed by atoms with E-state index in [0.717, 1.165) is 5.92 Å². The van der Waals surface area contributed by atoms with Crippen molar-refractivity contribution in [2.45, 2.75) is 26.7 Å². The van der Waals surface area contributed by atoms with Gasteiger partial charge in [-0.2, -0.15) is 0 Å². The number of piperidine rings is 2. The van der Waals surface area contributed by atoms with Crippen LogP contribution in [-0.4, -0.2) is 24.5 Å². The van der Waals surface area contributed by atoms with Crippen molar-refractivity contribution in [2.75, 3.05) is 19.6 Å². The molecular formula is C9H17N. The van der Waals surface area contributed by atoms with Gasteiger partial charge >= 0.3 is 0 Å². The summed E-state index contributed by atoms with van der Waals surface area (Å²) in [6.45, 7) is 8.96. The molecular weight excluding hydrogens is 122 g/mol. The molecule has 1 unspecified atom stereocenters. The quantitative estimate of drug-likeness (QED) is 0.535. The first kappa shape index (κ1) is 6.66. The second kappa shape index (κ2) is 1.97. The van der Waals surface area contributed by atoms with Gasteiger partial charge in [-0.05, 0) is 24.3 Å². The molecule has 10 heavy (non-hydrogen) atoms. The van der Waals surface area contributed by atoms with Gasteiger partial charge in [0.2, 0.25) is 0 Å². The van der Waals surface area contributed by atoms with Crippen molar-refractivity contribution in [1.29, 1.82) is 0 Å². The molecule has 2 bridgehead atoms. The fourth-order valence-corrected chi connectivity index (χ4v) is 2.28. The summed E-state index contributed by atoms with van der Waals surface area (Å²) >= 11 is 0. The molecule has 0 aromatic carbocycles. The van der Waals surface area contributed by atoms with Gasteiger partial charge in [-0.1, -0.05) is 20.3 Å². The highest BCUT2D eigenvalue weighted by Crippen LogP contribution is 2.44. The van der Waals surface area contributed by atoms with Crippen LogP contribution in [-0.2, 0) is 0 Å². The Kier molecular flexibility index (Phi) is 1.31. The van der Waals surface area contributed by atoms with E-state index in [9.17, 15) is 0 Å². The van der Waals surface area contributed by atoms with Gasteiger partial charge < -0.3 is 4.90 Å². The summed E-state index contributed by atoms with van der Waals surface area (Å²) in [6.07, 6.45) is 2.82. The van der Waals surface area contributed by atoms with Crippen molar-refractivity contribution in [1.82, 2.24) is 4.90 Å². The van der Waals surface area contributed by atoms with E-state index in [1.54, 1.807) is 0 Å². The monoisotopic (exact) mass is 139 g/mol. The predicted octanol–water partition coefficient (Wildman–Crippen LogP) is 1.74. The Balaban J connectivity index is 2.07. The molecule has 0 saturated carbocycles. The fraction of sp³-hybridized carbons (Fsp3) is 1.00. The first-order chi connectivity index (χ1) is 4.74. The standard InChI is InChI=1S/C9H17N/c1-3-9(2)4-5-10-6-8(9)7-10/h8H,3-7H2,1-2H3. The molecule has 0 aromatic heterocycles. The lowest BCUT2D eigenvalue weighted by molar-refractivity contribution is -0.0602. The van der Waals surface area contributed by atoms with Crippen LogP contribution < -0.4 is 0 Å². The molecule has 3 aliphatic rings. The van der Waals surface area contributed by atoms with E-state index < -0.39 is 0 Å². The first-order valence-electron chi connectivity index (χ1n) is 4.47. The molecule has 1 nitrogen and oxygen atoms in total. The minimum Gasteiger partial charge on any atom is -0.303 e. The van der Waals surface area contributed by atoms with E-state index in [1.807, 2.05) is 0 Å². The lowest BCUT2D eigenvalue weighted by Gasteiger charge is -2.55. The number of fused-ring (bicyclic) bond motifs is 2. The van der Waals surface area contributed by atoms with Crippen LogP contribution in [0.2, 0.25) is 0 Å². The zero-order chi connectivity index (χ0) is 7.19. The van der Waals surface area contributed by atoms with E-state index in [-0.39, 0.29) is 0 Å². The maximum absolute atomic E-state index is 2.57. The average Bonchev–Trinajstić information content (AvgIpc) is 1.86. The highest BCUT2D eigenvalue weighted by Gasteiger charge is 2.44. The molecule has 3 rings (SSSR count). The van der Waals surface area contributed by atoms with Crippen LogP contribution >= 0.6 is 0 Å². The molecule has 3 saturated heterocycles. The van der Waals surface area contributed by atoms with Crippen LogP contribution in [0.5, 0.6) is 0 Å². The molecule has 0 N–H and O–H groups in total. The fourth-order valence-electron chi connectivity index (χ4n) is 2.28. The second-order valence-electron chi connectivity index (χ2n) is 4.21. The van der Waals surface area contributed by atoms with Gasteiger partial charge in [0.1, 0.15) is 0 Å². The molecule has 0 aromatic rings. The minimum absolute atomic E-state index is 0.703. The van der Waals surface area contributed by atoms with Crippen molar-refractivity contribution < 1.29 is 0 Å². The Morgan fingerprint density at radius 2 is 2.20 bits per heavy atom. The highest BCUT2D eigenvalue weighted by atomic mass is 15.2. The SMILES string of the molecule is CCC1(C)CCN2CC1C2. The Hall–Kier alpha value is -0.0400. The summed E-state index contributed by atoms with van der Waals surface area (Å²) in [7, 11) is 0. The Morgan fingerprint density at radius 3 is 2.50 bits per heavy atom. The van der Waals surface area contributed by atoms with Crippen LogP contribution in [0.3, 0.4) is 0 Å². The molecule has 0 aliphatic carbocycles. The Morgan fingerprint density at radius 1 is 1.50 bits per heavy atom. The van der Waals surface area contributed by atoms with E-state index in [2.05, 4.69) is 18.7 Å². The van der Waals surface area contributed by atoms with Crippen LogP contribution in [0.4, 0.5) is 0 Å². The molecule has 0 spiro atoms. The van der Waals surface area contributed by atoms with Crippen LogP contribution in [0.25, 0.3) is 0 Å². The zero-order valence-electron chi connectivity index (χ0n) is 7.06. The summed E-state index contributed by atoms with van der Waals surface area (Å²) in [4.78, 5) is 2.57. The maximum atomic E-state index is 2.57. The van der Waals surface area contributed by atoms with Gasteiger partial charge in [0.05, 0.1) is 0 Å². The molecule has 3 fully saturated rings. The second-order valence-corrected chi connectivity index (χ2v) is 4.21. The third-order valence-corrected chi connectivity index (χ3v) is 3.75. The van der Waals surface area contributed by atoms with Crippen molar-refractivity contribution in [3.63, 3.8) is 0 Å². The summed E-state index contributed by atoms with van der Waals surface area (Å²) in [5.74, 6) is 1.03. The lowest BCUT2D eigenvalue weighted by Crippen LogP contribution is -2.59. The van der Waals surface area contributed by atoms with E-state index >= 15 is 0 Å². The lowest BCUT2D eigenvalue weighted by atomic mass is 9.65. The van der Waals surface area contributed by atoms with Crippen molar-refractivity contribution >= 4 is 0 Å². The van der Waals surface area contributed by atoms with Crippen LogP contribution in [0.1, 0.15) is 26.7 Å². The van der Waals surface area contributed by atoms with Gasteiger partial charge in [0.25, 0.3) is 0 Å². The van der Waals surface area contributed by atoms with E-state index in [0.29, 0.717) is 5.41 Å². The Bertz CT molecular complexity index is 135. The van der Waals surface area contributed by atoms with E-state index in [1.165, 1.54) is 32.5 Å². The summed E-state index contributed by atoms with van der Waals surface area (Å²) < 4.78 is 0. The number of hydrogen-bond donors (Lipinski definition) is 0. The summed E-state index contributed by atoms with van der Waals surface area (Å²) in [5, 5.41) is 0. The topological polar surface area (TPSA) is 3.24 Å². The third-order valence-electron chi connectivity index (χ3n) is 3.75. The molecule has 3 heterocycles. The molecule has 58 valence electrons. The smallest absolute Gasteiger partial charge is 0.00273 e. The van der Waals surface area contributed by atoms with Crippen molar-refractivity contribution in [3.05, 3.63) is 0 Å². The van der Waals surface area contributed by atoms with Crippen LogP contribution in [0.15, 0.2) is 0 Å². The molecule has 0 radical (unpaired) electrons. The summed E-state index contributed by atoms with van der Waals surface area (Å²) in [5.41, 5.74) is 0.703.